The number of halogens is 1. The zero-order valence-corrected chi connectivity index (χ0v) is 17.3. The molecule has 1 aromatic carbocycles. The number of carbonyl (C=O) groups is 2. The fourth-order valence-corrected chi connectivity index (χ4v) is 4.08. The first kappa shape index (κ1) is 19.8. The Hall–Kier alpha value is -2.47. The predicted molar refractivity (Wildman–Crippen MR) is 112 cm³/mol. The van der Waals surface area contributed by atoms with Crippen molar-refractivity contribution in [2.45, 2.75) is 51.5 Å². The fraction of sp³-hybridized carbons (Fsp3) is 0.455. The van der Waals surface area contributed by atoms with Crippen LogP contribution in [0, 0.1) is 12.8 Å². The van der Waals surface area contributed by atoms with Gasteiger partial charge in [0.25, 0.3) is 5.91 Å². The van der Waals surface area contributed by atoms with E-state index in [1.807, 2.05) is 11.8 Å². The van der Waals surface area contributed by atoms with Gasteiger partial charge in [0, 0.05) is 29.4 Å². The van der Waals surface area contributed by atoms with Crippen LogP contribution in [0.3, 0.4) is 0 Å². The van der Waals surface area contributed by atoms with Crippen molar-refractivity contribution >= 4 is 29.1 Å². The van der Waals surface area contributed by atoms with E-state index in [4.69, 9.17) is 11.6 Å². The number of hydrogen-bond acceptors (Lipinski definition) is 4. The van der Waals surface area contributed by atoms with E-state index in [2.05, 4.69) is 15.3 Å². The number of anilines is 1. The number of nitrogens with zero attached hydrogens (tertiary/aromatic N) is 3. The van der Waals surface area contributed by atoms with Crippen LogP contribution in [0.1, 0.15) is 66.4 Å². The maximum atomic E-state index is 12.8. The molecule has 1 aromatic heterocycles. The van der Waals surface area contributed by atoms with Crippen LogP contribution in [0.5, 0.6) is 0 Å². The number of aryl methyl sites for hydroxylation is 1. The molecule has 1 N–H and O–H groups in total. The summed E-state index contributed by atoms with van der Waals surface area (Å²) < 4.78 is 0. The van der Waals surface area contributed by atoms with E-state index in [9.17, 15) is 9.59 Å². The zero-order chi connectivity index (χ0) is 20.4. The third-order valence-corrected chi connectivity index (χ3v) is 6.13. The minimum atomic E-state index is -0.262. The standard InChI is InChI=1S/C22H25ClN4O2/c1-14-18(21(28)26-17-10-8-16(23)9-11-17)13-24-20(25-14)19-7-2-3-12-27(19)22(29)15-5-4-6-15/h8-11,13,15,19H,2-7,12H2,1H3,(H,26,28)/t19-/m0/s1. The van der Waals surface area contributed by atoms with Gasteiger partial charge < -0.3 is 10.2 Å². The summed E-state index contributed by atoms with van der Waals surface area (Å²) in [6.45, 7) is 2.57. The highest BCUT2D eigenvalue weighted by Crippen LogP contribution is 2.35. The lowest BCUT2D eigenvalue weighted by Crippen LogP contribution is -2.44. The first-order valence-electron chi connectivity index (χ1n) is 10.2. The zero-order valence-electron chi connectivity index (χ0n) is 16.5. The molecule has 0 radical (unpaired) electrons. The maximum absolute atomic E-state index is 12.8. The van der Waals surface area contributed by atoms with Crippen LogP contribution in [-0.4, -0.2) is 33.2 Å². The third kappa shape index (κ3) is 4.27. The van der Waals surface area contributed by atoms with Gasteiger partial charge in [-0.25, -0.2) is 9.97 Å². The van der Waals surface area contributed by atoms with Crippen LogP contribution in [0.4, 0.5) is 5.69 Å². The second kappa shape index (κ2) is 8.49. The molecule has 6 nitrogen and oxygen atoms in total. The predicted octanol–water partition coefficient (Wildman–Crippen LogP) is 4.54. The van der Waals surface area contributed by atoms with Gasteiger partial charge >= 0.3 is 0 Å². The number of rotatable bonds is 4. The van der Waals surface area contributed by atoms with E-state index in [1.165, 1.54) is 0 Å². The van der Waals surface area contributed by atoms with Gasteiger partial charge in [0.2, 0.25) is 5.91 Å². The van der Waals surface area contributed by atoms with Gasteiger partial charge in [-0.15, -0.1) is 0 Å². The summed E-state index contributed by atoms with van der Waals surface area (Å²) >= 11 is 5.89. The molecule has 0 spiro atoms. The average molecular weight is 413 g/mol. The highest BCUT2D eigenvalue weighted by atomic mass is 35.5. The second-order valence-electron chi connectivity index (χ2n) is 7.86. The number of nitrogens with one attached hydrogen (secondary N) is 1. The number of benzene rings is 1. The van der Waals surface area contributed by atoms with Crippen molar-refractivity contribution in [3.05, 3.63) is 52.6 Å². The summed E-state index contributed by atoms with van der Waals surface area (Å²) in [6, 6.07) is 6.85. The van der Waals surface area contributed by atoms with Crippen molar-refractivity contribution in [1.82, 2.24) is 14.9 Å². The molecule has 152 valence electrons. The Bertz CT molecular complexity index is 912. The quantitative estimate of drug-likeness (QED) is 0.799. The van der Waals surface area contributed by atoms with Crippen LogP contribution in [0.15, 0.2) is 30.5 Å². The van der Waals surface area contributed by atoms with Gasteiger partial charge in [-0.3, -0.25) is 9.59 Å². The molecule has 1 saturated carbocycles. The average Bonchev–Trinajstić information content (AvgIpc) is 2.68. The van der Waals surface area contributed by atoms with Crippen molar-refractivity contribution in [2.75, 3.05) is 11.9 Å². The van der Waals surface area contributed by atoms with Crippen molar-refractivity contribution < 1.29 is 9.59 Å². The van der Waals surface area contributed by atoms with Crippen LogP contribution in [0.25, 0.3) is 0 Å². The number of hydrogen-bond donors (Lipinski definition) is 1. The SMILES string of the molecule is Cc1nc([C@@H]2CCCCN2C(=O)C2CCC2)ncc1C(=O)Nc1ccc(Cl)cc1. The summed E-state index contributed by atoms with van der Waals surface area (Å²) in [4.78, 5) is 36.6. The first-order valence-corrected chi connectivity index (χ1v) is 10.6. The largest absolute Gasteiger partial charge is 0.332 e. The van der Waals surface area contributed by atoms with Crippen molar-refractivity contribution in [3.63, 3.8) is 0 Å². The van der Waals surface area contributed by atoms with E-state index in [1.54, 1.807) is 30.5 Å². The van der Waals surface area contributed by atoms with Crippen molar-refractivity contribution in [2.24, 2.45) is 5.92 Å². The summed E-state index contributed by atoms with van der Waals surface area (Å²) in [5, 5.41) is 3.45. The summed E-state index contributed by atoms with van der Waals surface area (Å²) in [5.41, 5.74) is 1.70. The Morgan fingerprint density at radius 1 is 1.10 bits per heavy atom. The van der Waals surface area contributed by atoms with Crippen LogP contribution in [-0.2, 0) is 4.79 Å². The number of likely N-dealkylation sites (tertiary alicyclic amines) is 1. The van der Waals surface area contributed by atoms with E-state index in [-0.39, 0.29) is 23.8 Å². The number of carbonyl (C=O) groups excluding carboxylic acids is 2. The molecule has 7 heteroatoms. The molecule has 29 heavy (non-hydrogen) atoms. The Balaban J connectivity index is 1.51. The van der Waals surface area contributed by atoms with Crippen molar-refractivity contribution in [3.8, 4) is 0 Å². The first-order chi connectivity index (χ1) is 14.0. The molecule has 1 aliphatic heterocycles. The minimum Gasteiger partial charge on any atom is -0.332 e. The minimum absolute atomic E-state index is 0.0936. The van der Waals surface area contributed by atoms with Crippen LogP contribution in [0.2, 0.25) is 5.02 Å². The second-order valence-corrected chi connectivity index (χ2v) is 8.30. The molecule has 1 aliphatic carbocycles. The van der Waals surface area contributed by atoms with E-state index in [0.717, 1.165) is 45.1 Å². The highest BCUT2D eigenvalue weighted by molar-refractivity contribution is 6.30. The molecule has 1 saturated heterocycles. The molecular formula is C22H25ClN4O2. The van der Waals surface area contributed by atoms with Crippen LogP contribution < -0.4 is 5.32 Å². The number of amides is 2. The van der Waals surface area contributed by atoms with Crippen molar-refractivity contribution in [1.29, 1.82) is 0 Å². The molecule has 0 bridgehead atoms. The fourth-order valence-electron chi connectivity index (χ4n) is 3.95. The Morgan fingerprint density at radius 2 is 1.86 bits per heavy atom. The molecule has 2 heterocycles. The topological polar surface area (TPSA) is 75.2 Å². The molecule has 2 aliphatic rings. The molecule has 0 unspecified atom stereocenters. The summed E-state index contributed by atoms with van der Waals surface area (Å²) in [7, 11) is 0. The van der Waals surface area contributed by atoms with Gasteiger partial charge in [-0.2, -0.15) is 0 Å². The Labute approximate surface area is 175 Å². The van der Waals surface area contributed by atoms with Gasteiger partial charge in [0.05, 0.1) is 17.3 Å². The Morgan fingerprint density at radius 3 is 2.52 bits per heavy atom. The molecular weight excluding hydrogens is 388 g/mol. The maximum Gasteiger partial charge on any atom is 0.259 e. The normalized spacial score (nSPS) is 19.5. The Kier molecular flexibility index (Phi) is 5.81. The highest BCUT2D eigenvalue weighted by Gasteiger charge is 2.36. The van der Waals surface area contributed by atoms with Gasteiger partial charge in [0.1, 0.15) is 0 Å². The van der Waals surface area contributed by atoms with E-state index < -0.39 is 0 Å². The summed E-state index contributed by atoms with van der Waals surface area (Å²) in [6.07, 6.45) is 7.65. The van der Waals surface area contributed by atoms with Gasteiger partial charge in [-0.1, -0.05) is 18.0 Å². The smallest absolute Gasteiger partial charge is 0.259 e. The molecule has 1 atom stereocenters. The third-order valence-electron chi connectivity index (χ3n) is 5.88. The van der Waals surface area contributed by atoms with E-state index >= 15 is 0 Å². The molecule has 2 amide bonds. The van der Waals surface area contributed by atoms with Crippen LogP contribution >= 0.6 is 11.6 Å². The number of aromatic nitrogens is 2. The van der Waals surface area contributed by atoms with Gasteiger partial charge in [0.15, 0.2) is 5.82 Å². The van der Waals surface area contributed by atoms with E-state index in [0.29, 0.717) is 27.8 Å². The lowest BCUT2D eigenvalue weighted by Gasteiger charge is -2.39. The molecule has 2 aromatic rings. The molecule has 4 rings (SSSR count). The van der Waals surface area contributed by atoms with Gasteiger partial charge in [-0.05, 0) is 63.3 Å². The monoisotopic (exact) mass is 412 g/mol. The lowest BCUT2D eigenvalue weighted by atomic mass is 9.83. The summed E-state index contributed by atoms with van der Waals surface area (Å²) in [5.74, 6) is 0.785. The number of piperidine rings is 1. The molecule has 2 fully saturated rings. The lowest BCUT2D eigenvalue weighted by molar-refractivity contribution is -0.142.